The van der Waals surface area contributed by atoms with Gasteiger partial charge in [0, 0.05) is 30.6 Å². The van der Waals surface area contributed by atoms with Crippen molar-refractivity contribution in [3.8, 4) is 0 Å². The third kappa shape index (κ3) is 2.35. The molecule has 1 saturated heterocycles. The van der Waals surface area contributed by atoms with E-state index in [2.05, 4.69) is 25.7 Å². The molecule has 2 fully saturated rings. The number of aliphatic hydroxyl groups is 1. The van der Waals surface area contributed by atoms with Gasteiger partial charge in [0.1, 0.15) is 0 Å². The third-order valence-electron chi connectivity index (χ3n) is 3.92. The van der Waals surface area contributed by atoms with Gasteiger partial charge in [0.05, 0.1) is 6.10 Å². The van der Waals surface area contributed by atoms with Crippen LogP contribution >= 0.6 is 0 Å². The Balaban J connectivity index is 2.06. The van der Waals surface area contributed by atoms with E-state index < -0.39 is 0 Å². The molecule has 88 valence electrons. The Bertz CT molecular complexity index is 232. The smallest absolute Gasteiger partial charge is 0.0746 e. The van der Waals surface area contributed by atoms with Crippen molar-refractivity contribution in [1.82, 2.24) is 4.90 Å². The molecule has 0 radical (unpaired) electrons. The van der Waals surface area contributed by atoms with Gasteiger partial charge in [-0.05, 0) is 39.5 Å². The summed E-state index contributed by atoms with van der Waals surface area (Å²) in [7, 11) is 0. The van der Waals surface area contributed by atoms with Crippen LogP contribution in [0.25, 0.3) is 0 Å². The fourth-order valence-corrected chi connectivity index (χ4v) is 2.62. The van der Waals surface area contributed by atoms with E-state index in [1.807, 2.05) is 0 Å². The summed E-state index contributed by atoms with van der Waals surface area (Å²) in [5.41, 5.74) is 6.20. The molecule has 15 heavy (non-hydrogen) atoms. The van der Waals surface area contributed by atoms with Gasteiger partial charge in [-0.3, -0.25) is 4.90 Å². The molecule has 3 nitrogen and oxygen atoms in total. The number of rotatable bonds is 1. The van der Waals surface area contributed by atoms with E-state index >= 15 is 0 Å². The molecular formula is C12H24N2O. The Kier molecular flexibility index (Phi) is 2.82. The minimum Gasteiger partial charge on any atom is -0.391 e. The van der Waals surface area contributed by atoms with Crippen molar-refractivity contribution >= 4 is 0 Å². The fourth-order valence-electron chi connectivity index (χ4n) is 2.62. The van der Waals surface area contributed by atoms with E-state index in [1.165, 1.54) is 12.8 Å². The zero-order chi connectivity index (χ0) is 11.2. The van der Waals surface area contributed by atoms with Crippen molar-refractivity contribution in [2.75, 3.05) is 13.1 Å². The van der Waals surface area contributed by atoms with Crippen molar-refractivity contribution in [1.29, 1.82) is 0 Å². The summed E-state index contributed by atoms with van der Waals surface area (Å²) in [5.74, 6) is 1.14. The maximum Gasteiger partial charge on any atom is 0.0746 e. The standard InChI is InChI=1S/C12H24N2O/c1-12(2,3)14-6-9(8-4-5-8)11(15)10(13)7-14/h8-11,15H,4-7,13H2,1-3H3/t9?,10-,11-/m1/s1. The second-order valence-electron chi connectivity index (χ2n) is 6.23. The highest BCUT2D eigenvalue weighted by molar-refractivity contribution is 4.98. The van der Waals surface area contributed by atoms with E-state index in [0.29, 0.717) is 5.92 Å². The summed E-state index contributed by atoms with van der Waals surface area (Å²) in [6.07, 6.45) is 2.29. The molecule has 3 heteroatoms. The SMILES string of the molecule is CC(C)(C)N1CC(C2CC2)[C@@H](O)[C@H](N)C1. The average Bonchev–Trinajstić information content (AvgIpc) is 2.90. The van der Waals surface area contributed by atoms with Crippen LogP contribution in [0.2, 0.25) is 0 Å². The molecule has 3 N–H and O–H groups in total. The monoisotopic (exact) mass is 212 g/mol. The van der Waals surface area contributed by atoms with Crippen LogP contribution in [0.1, 0.15) is 33.6 Å². The Labute approximate surface area is 92.6 Å². The van der Waals surface area contributed by atoms with Crippen molar-refractivity contribution in [3.63, 3.8) is 0 Å². The lowest BCUT2D eigenvalue weighted by molar-refractivity contribution is -0.0303. The molecule has 2 aliphatic rings. The Hall–Kier alpha value is -0.120. The average molecular weight is 212 g/mol. The molecule has 2 rings (SSSR count). The molecule has 0 aromatic carbocycles. The van der Waals surface area contributed by atoms with Gasteiger partial charge in [0.2, 0.25) is 0 Å². The second-order valence-corrected chi connectivity index (χ2v) is 6.23. The molecule has 0 amide bonds. The number of hydrogen-bond donors (Lipinski definition) is 2. The van der Waals surface area contributed by atoms with E-state index in [0.717, 1.165) is 19.0 Å². The first-order valence-electron chi connectivity index (χ1n) is 6.08. The summed E-state index contributed by atoms with van der Waals surface area (Å²) >= 11 is 0. The molecule has 1 heterocycles. The van der Waals surface area contributed by atoms with Crippen molar-refractivity contribution in [2.45, 2.75) is 51.3 Å². The molecule has 1 aliphatic heterocycles. The highest BCUT2D eigenvalue weighted by Crippen LogP contribution is 2.41. The molecule has 0 aromatic rings. The summed E-state index contributed by atoms with van der Waals surface area (Å²) in [4.78, 5) is 2.42. The molecule has 3 atom stereocenters. The Morgan fingerprint density at radius 1 is 1.20 bits per heavy atom. The van der Waals surface area contributed by atoms with Crippen LogP contribution in [0.5, 0.6) is 0 Å². The van der Waals surface area contributed by atoms with Gasteiger partial charge in [0.25, 0.3) is 0 Å². The van der Waals surface area contributed by atoms with E-state index in [1.54, 1.807) is 0 Å². The highest BCUT2D eigenvalue weighted by atomic mass is 16.3. The fraction of sp³-hybridized carbons (Fsp3) is 1.00. The maximum atomic E-state index is 10.1. The van der Waals surface area contributed by atoms with Crippen molar-refractivity contribution < 1.29 is 5.11 Å². The van der Waals surface area contributed by atoms with Gasteiger partial charge in [-0.25, -0.2) is 0 Å². The molecule has 1 aliphatic carbocycles. The maximum absolute atomic E-state index is 10.1. The quantitative estimate of drug-likeness (QED) is 0.676. The molecule has 0 spiro atoms. The normalized spacial score (nSPS) is 39.4. The summed E-state index contributed by atoms with van der Waals surface area (Å²) < 4.78 is 0. The van der Waals surface area contributed by atoms with E-state index in [4.69, 9.17) is 5.73 Å². The summed E-state index contributed by atoms with van der Waals surface area (Å²) in [6.45, 7) is 8.51. The van der Waals surface area contributed by atoms with Crippen molar-refractivity contribution in [2.24, 2.45) is 17.6 Å². The van der Waals surface area contributed by atoms with E-state index in [9.17, 15) is 5.11 Å². The van der Waals surface area contributed by atoms with E-state index in [-0.39, 0.29) is 17.7 Å². The summed E-state index contributed by atoms with van der Waals surface area (Å²) in [6, 6.07) is -0.0661. The lowest BCUT2D eigenvalue weighted by atomic mass is 9.85. The van der Waals surface area contributed by atoms with Crippen molar-refractivity contribution in [3.05, 3.63) is 0 Å². The number of hydrogen-bond acceptors (Lipinski definition) is 3. The van der Waals surface area contributed by atoms with Crippen LogP contribution in [-0.2, 0) is 0 Å². The minimum absolute atomic E-state index is 0.0661. The number of piperidine rings is 1. The zero-order valence-corrected chi connectivity index (χ0v) is 10.1. The van der Waals surface area contributed by atoms with Gasteiger partial charge in [0.15, 0.2) is 0 Å². The van der Waals surface area contributed by atoms with Crippen LogP contribution in [0.3, 0.4) is 0 Å². The Morgan fingerprint density at radius 2 is 1.80 bits per heavy atom. The number of nitrogens with two attached hydrogens (primary N) is 1. The predicted molar refractivity (Wildman–Crippen MR) is 61.5 cm³/mol. The van der Waals surface area contributed by atoms with Crippen LogP contribution < -0.4 is 5.73 Å². The second kappa shape index (κ2) is 3.72. The highest BCUT2D eigenvalue weighted by Gasteiger charge is 2.44. The molecule has 1 saturated carbocycles. The summed E-state index contributed by atoms with van der Waals surface area (Å²) in [5, 5.41) is 10.1. The number of nitrogens with zero attached hydrogens (tertiary/aromatic N) is 1. The van der Waals surface area contributed by atoms with Crippen LogP contribution in [-0.4, -0.2) is 40.8 Å². The molecular weight excluding hydrogens is 188 g/mol. The van der Waals surface area contributed by atoms with Gasteiger partial charge < -0.3 is 10.8 Å². The molecule has 0 bridgehead atoms. The predicted octanol–water partition coefficient (Wildman–Crippen LogP) is 0.815. The first-order chi connectivity index (χ1) is 6.89. The van der Waals surface area contributed by atoms with Crippen LogP contribution in [0.15, 0.2) is 0 Å². The zero-order valence-electron chi connectivity index (χ0n) is 10.1. The molecule has 1 unspecified atom stereocenters. The van der Waals surface area contributed by atoms with Gasteiger partial charge in [-0.1, -0.05) is 0 Å². The lowest BCUT2D eigenvalue weighted by Gasteiger charge is -2.46. The van der Waals surface area contributed by atoms with Gasteiger partial charge in [-0.15, -0.1) is 0 Å². The van der Waals surface area contributed by atoms with Gasteiger partial charge in [-0.2, -0.15) is 0 Å². The lowest BCUT2D eigenvalue weighted by Crippen LogP contribution is -2.61. The first-order valence-corrected chi connectivity index (χ1v) is 6.08. The largest absolute Gasteiger partial charge is 0.391 e. The molecule has 0 aromatic heterocycles. The number of likely N-dealkylation sites (tertiary alicyclic amines) is 1. The van der Waals surface area contributed by atoms with Gasteiger partial charge >= 0.3 is 0 Å². The Morgan fingerprint density at radius 3 is 2.27 bits per heavy atom. The number of aliphatic hydroxyl groups excluding tert-OH is 1. The topological polar surface area (TPSA) is 49.5 Å². The van der Waals surface area contributed by atoms with Crippen LogP contribution in [0.4, 0.5) is 0 Å². The first kappa shape index (κ1) is 11.4. The third-order valence-corrected chi connectivity index (χ3v) is 3.92. The van der Waals surface area contributed by atoms with Crippen LogP contribution in [0, 0.1) is 11.8 Å². The minimum atomic E-state index is -0.281.